The van der Waals surface area contributed by atoms with Crippen LogP contribution in [0.4, 0.5) is 0 Å². The smallest absolute Gasteiger partial charge is 0.230 e. The maximum atomic E-state index is 2.40. The van der Waals surface area contributed by atoms with Crippen LogP contribution < -0.4 is 4.57 Å². The van der Waals surface area contributed by atoms with Crippen LogP contribution in [0.2, 0.25) is 0 Å². The molecule has 0 radical (unpaired) electrons. The summed E-state index contributed by atoms with van der Waals surface area (Å²) < 4.78 is 4.62. The molecule has 202 valence electrons. The molecule has 0 aliphatic rings. The summed E-state index contributed by atoms with van der Waals surface area (Å²) in [6.45, 7) is 2.30. The Labute approximate surface area is 228 Å². The number of unbranched alkanes of at least 4 members (excludes halogenated alkanes) is 16. The van der Waals surface area contributed by atoms with Gasteiger partial charge in [0.25, 0.3) is 0 Å². The Morgan fingerprint density at radius 3 is 1.54 bits per heavy atom. The molecular weight excluding hydrogens is 448 g/mol. The van der Waals surface area contributed by atoms with Gasteiger partial charge in [-0.25, -0.2) is 9.13 Å². The Kier molecular flexibility index (Phi) is 14.9. The first-order valence-electron chi connectivity index (χ1n) is 15.6. The summed E-state index contributed by atoms with van der Waals surface area (Å²) in [5.74, 6) is 0. The first kappa shape index (κ1) is 29.2. The molecule has 1 aromatic heterocycles. The molecule has 2 heteroatoms. The third-order valence-electron chi connectivity index (χ3n) is 7.84. The fraction of sp³-hybridized carbons (Fsp3) is 0.571. The number of rotatable bonds is 21. The summed E-state index contributed by atoms with van der Waals surface area (Å²) >= 11 is 0. The highest BCUT2D eigenvalue weighted by atomic mass is 15.1. The minimum absolute atomic E-state index is 0.405. The molecule has 2 aromatic carbocycles. The van der Waals surface area contributed by atoms with E-state index in [4.69, 9.17) is 0 Å². The topological polar surface area (TPSA) is 8.81 Å². The molecule has 0 amide bonds. The first-order valence-corrected chi connectivity index (χ1v) is 15.6. The molecule has 0 aliphatic carbocycles. The lowest BCUT2D eigenvalue weighted by Crippen LogP contribution is -2.38. The molecule has 0 aliphatic heterocycles. The van der Waals surface area contributed by atoms with Crippen LogP contribution in [0.3, 0.4) is 0 Å². The van der Waals surface area contributed by atoms with Crippen molar-refractivity contribution in [2.45, 2.75) is 129 Å². The Balaban J connectivity index is 1.26. The van der Waals surface area contributed by atoms with E-state index < -0.39 is 0 Å². The van der Waals surface area contributed by atoms with Gasteiger partial charge >= 0.3 is 0 Å². The molecule has 0 bridgehead atoms. The monoisotopic (exact) mass is 501 g/mol. The first-order chi connectivity index (χ1) is 18.4. The predicted octanol–water partition coefficient (Wildman–Crippen LogP) is 10.4. The zero-order valence-electron chi connectivity index (χ0n) is 23.7. The molecule has 0 unspecified atom stereocenters. The molecule has 1 heterocycles. The number of hydrogen-bond donors (Lipinski definition) is 0. The maximum Gasteiger partial charge on any atom is 0.249 e. The van der Waals surface area contributed by atoms with Crippen molar-refractivity contribution in [2.75, 3.05) is 0 Å². The van der Waals surface area contributed by atoms with Crippen LogP contribution in [-0.4, -0.2) is 4.57 Å². The minimum Gasteiger partial charge on any atom is -0.230 e. The second-order valence-corrected chi connectivity index (χ2v) is 11.0. The summed E-state index contributed by atoms with van der Waals surface area (Å²) in [5, 5.41) is 0. The lowest BCUT2D eigenvalue weighted by atomic mass is 9.99. The second-order valence-electron chi connectivity index (χ2n) is 11.0. The lowest BCUT2D eigenvalue weighted by molar-refractivity contribution is -0.713. The molecule has 3 rings (SSSR count). The molecule has 1 atom stereocenters. The Morgan fingerprint density at radius 1 is 0.568 bits per heavy atom. The third-order valence-corrected chi connectivity index (χ3v) is 7.84. The van der Waals surface area contributed by atoms with Crippen LogP contribution in [-0.2, 0) is 0 Å². The number of imidazole rings is 1. The zero-order chi connectivity index (χ0) is 25.8. The fourth-order valence-corrected chi connectivity index (χ4v) is 5.53. The van der Waals surface area contributed by atoms with Crippen molar-refractivity contribution in [3.05, 3.63) is 84.9 Å². The Morgan fingerprint density at radius 2 is 1.03 bits per heavy atom. The van der Waals surface area contributed by atoms with E-state index in [1.165, 1.54) is 127 Å². The number of aromatic nitrogens is 2. The maximum absolute atomic E-state index is 2.40. The zero-order valence-corrected chi connectivity index (χ0v) is 23.7. The highest BCUT2D eigenvalue weighted by molar-refractivity contribution is 5.30. The van der Waals surface area contributed by atoms with Crippen molar-refractivity contribution < 1.29 is 4.57 Å². The van der Waals surface area contributed by atoms with Crippen molar-refractivity contribution in [3.8, 4) is 5.69 Å². The summed E-state index contributed by atoms with van der Waals surface area (Å²) in [6, 6.07) is 22.0. The quantitative estimate of drug-likeness (QED) is 0.101. The lowest BCUT2D eigenvalue weighted by Gasteiger charge is -2.14. The van der Waals surface area contributed by atoms with Gasteiger partial charge in [0, 0.05) is 0 Å². The third kappa shape index (κ3) is 11.7. The standard InChI is InChI=1S/C35H53N2/c1-2-3-4-5-6-7-8-9-10-11-12-13-14-15-16-17-24-29-35(33-25-20-18-21-26-33)37-31-30-36(32-37)34-27-22-19-23-28-34/h18-23,25-28,30-32,35H,2-17,24,29H2,1H3/q+1/t35-/m0/s1. The van der Waals surface area contributed by atoms with E-state index in [1.807, 2.05) is 0 Å². The van der Waals surface area contributed by atoms with E-state index in [1.54, 1.807) is 0 Å². The molecule has 0 spiro atoms. The van der Waals surface area contributed by atoms with Crippen LogP contribution in [0.15, 0.2) is 79.4 Å². The van der Waals surface area contributed by atoms with E-state index in [0.717, 1.165) is 0 Å². The van der Waals surface area contributed by atoms with Crippen LogP contribution in [0, 0.1) is 0 Å². The highest BCUT2D eigenvalue weighted by Gasteiger charge is 2.19. The molecule has 0 saturated carbocycles. The van der Waals surface area contributed by atoms with E-state index in [9.17, 15) is 0 Å². The van der Waals surface area contributed by atoms with Crippen molar-refractivity contribution in [1.82, 2.24) is 4.57 Å². The van der Waals surface area contributed by atoms with Gasteiger partial charge in [0.2, 0.25) is 6.33 Å². The Bertz CT molecular complexity index is 915. The van der Waals surface area contributed by atoms with Gasteiger partial charge in [-0.2, -0.15) is 0 Å². The summed E-state index contributed by atoms with van der Waals surface area (Å²) in [7, 11) is 0. The van der Waals surface area contributed by atoms with Crippen LogP contribution in [0.1, 0.15) is 134 Å². The van der Waals surface area contributed by atoms with Crippen molar-refractivity contribution in [3.63, 3.8) is 0 Å². The molecule has 3 aromatic rings. The average Bonchev–Trinajstić information content (AvgIpc) is 3.43. The molecule has 0 saturated heterocycles. The van der Waals surface area contributed by atoms with E-state index >= 15 is 0 Å². The van der Waals surface area contributed by atoms with Gasteiger partial charge in [0.05, 0.1) is 0 Å². The number of benzene rings is 2. The average molecular weight is 502 g/mol. The summed E-state index contributed by atoms with van der Waals surface area (Å²) in [5.41, 5.74) is 2.63. The predicted molar refractivity (Wildman–Crippen MR) is 159 cm³/mol. The number of nitrogens with zero attached hydrogens (tertiary/aromatic N) is 2. The summed E-state index contributed by atoms with van der Waals surface area (Å²) in [4.78, 5) is 0. The highest BCUT2D eigenvalue weighted by Crippen LogP contribution is 2.21. The van der Waals surface area contributed by atoms with Gasteiger partial charge in [0.1, 0.15) is 24.1 Å². The molecular formula is C35H53N2+. The Hall–Kier alpha value is -2.35. The van der Waals surface area contributed by atoms with Crippen molar-refractivity contribution >= 4 is 0 Å². The molecule has 0 fully saturated rings. The largest absolute Gasteiger partial charge is 0.249 e. The van der Waals surface area contributed by atoms with Crippen molar-refractivity contribution in [1.29, 1.82) is 0 Å². The minimum atomic E-state index is 0.405. The normalized spacial score (nSPS) is 12.1. The molecule has 37 heavy (non-hydrogen) atoms. The fourth-order valence-electron chi connectivity index (χ4n) is 5.53. The van der Waals surface area contributed by atoms with Gasteiger partial charge in [-0.05, 0) is 30.5 Å². The number of para-hydroxylation sites is 1. The van der Waals surface area contributed by atoms with Crippen LogP contribution >= 0.6 is 0 Å². The second kappa shape index (κ2) is 18.8. The van der Waals surface area contributed by atoms with E-state index in [2.05, 4.69) is 95.4 Å². The van der Waals surface area contributed by atoms with Gasteiger partial charge in [0.15, 0.2) is 0 Å². The van der Waals surface area contributed by atoms with Gasteiger partial charge in [-0.15, -0.1) is 0 Å². The van der Waals surface area contributed by atoms with Crippen LogP contribution in [0.25, 0.3) is 5.69 Å². The SMILES string of the molecule is CCCCCCCCCCCCCCCCCCC[C@@H](c1ccccc1)[n+]1ccn(-c2ccccc2)c1. The molecule has 2 nitrogen and oxygen atoms in total. The van der Waals surface area contributed by atoms with E-state index in [-0.39, 0.29) is 0 Å². The van der Waals surface area contributed by atoms with E-state index in [0.29, 0.717) is 6.04 Å². The van der Waals surface area contributed by atoms with Gasteiger partial charge in [-0.3, -0.25) is 0 Å². The molecule has 0 N–H and O–H groups in total. The number of hydrogen-bond acceptors (Lipinski definition) is 0. The van der Waals surface area contributed by atoms with Crippen LogP contribution in [0.5, 0.6) is 0 Å². The van der Waals surface area contributed by atoms with Gasteiger partial charge < -0.3 is 0 Å². The summed E-state index contributed by atoms with van der Waals surface area (Å²) in [6.07, 6.45) is 32.1. The van der Waals surface area contributed by atoms with Gasteiger partial charge in [-0.1, -0.05) is 158 Å². The van der Waals surface area contributed by atoms with Crippen molar-refractivity contribution in [2.24, 2.45) is 0 Å².